The Hall–Kier alpha value is -1.16. The number of aromatic nitrogens is 2. The van der Waals surface area contributed by atoms with Gasteiger partial charge in [0.25, 0.3) is 0 Å². The largest absolute Gasteiger partial charge is 0.348 e. The van der Waals surface area contributed by atoms with Crippen molar-refractivity contribution < 1.29 is 0 Å². The van der Waals surface area contributed by atoms with Crippen molar-refractivity contribution in [1.29, 1.82) is 0 Å². The van der Waals surface area contributed by atoms with E-state index in [1.165, 1.54) is 0 Å². The van der Waals surface area contributed by atoms with Gasteiger partial charge >= 0.3 is 5.69 Å². The predicted molar refractivity (Wildman–Crippen MR) is 51.6 cm³/mol. The first-order valence-electron chi connectivity index (χ1n) is 4.31. The van der Waals surface area contributed by atoms with Crippen molar-refractivity contribution in [2.24, 2.45) is 5.73 Å². The lowest BCUT2D eigenvalue weighted by Gasteiger charge is -2.11. The van der Waals surface area contributed by atoms with Gasteiger partial charge in [-0.3, -0.25) is 4.57 Å². The van der Waals surface area contributed by atoms with Gasteiger partial charge in [-0.15, -0.1) is 0 Å². The Bertz CT molecular complexity index is 354. The third kappa shape index (κ3) is 2.39. The molecule has 13 heavy (non-hydrogen) atoms. The van der Waals surface area contributed by atoms with Crippen molar-refractivity contribution in [3.63, 3.8) is 0 Å². The van der Waals surface area contributed by atoms with Gasteiger partial charge < -0.3 is 5.73 Å². The van der Waals surface area contributed by atoms with Crippen molar-refractivity contribution in [1.82, 2.24) is 9.55 Å². The van der Waals surface area contributed by atoms with Crippen LogP contribution in [0.15, 0.2) is 10.9 Å². The lowest BCUT2D eigenvalue weighted by molar-refractivity contribution is 0.549. The molecule has 1 rings (SSSR count). The van der Waals surface area contributed by atoms with Crippen LogP contribution in [-0.4, -0.2) is 15.6 Å². The van der Waals surface area contributed by atoms with E-state index in [4.69, 9.17) is 5.73 Å². The molecule has 0 aliphatic rings. The molecule has 2 N–H and O–H groups in total. The van der Waals surface area contributed by atoms with Crippen LogP contribution in [-0.2, 0) is 6.54 Å². The predicted octanol–water partition coefficient (Wildman–Crippen LogP) is 0.207. The van der Waals surface area contributed by atoms with Gasteiger partial charge in [-0.2, -0.15) is 4.98 Å². The molecular weight excluding hydrogens is 166 g/mol. The maximum Gasteiger partial charge on any atom is 0.348 e. The van der Waals surface area contributed by atoms with Crippen molar-refractivity contribution in [2.45, 2.75) is 33.4 Å². The molecule has 0 radical (unpaired) electrons. The topological polar surface area (TPSA) is 60.9 Å². The van der Waals surface area contributed by atoms with E-state index in [1.807, 2.05) is 26.8 Å². The molecule has 0 aliphatic carbocycles. The van der Waals surface area contributed by atoms with E-state index >= 15 is 0 Å². The Morgan fingerprint density at radius 1 is 1.62 bits per heavy atom. The second-order valence-electron chi connectivity index (χ2n) is 3.41. The summed E-state index contributed by atoms with van der Waals surface area (Å²) in [5.74, 6) is 0. The first-order valence-corrected chi connectivity index (χ1v) is 4.31. The smallest absolute Gasteiger partial charge is 0.326 e. The van der Waals surface area contributed by atoms with Crippen LogP contribution in [0.1, 0.15) is 18.3 Å². The fourth-order valence-electron chi connectivity index (χ4n) is 1.28. The van der Waals surface area contributed by atoms with E-state index in [-0.39, 0.29) is 11.7 Å². The standard InChI is InChI=1S/C9H15N3O/c1-6(10)5-12-8(3)4-7(2)11-9(12)13/h4,6H,5,10H2,1-3H3. The highest BCUT2D eigenvalue weighted by Crippen LogP contribution is 1.97. The third-order valence-corrected chi connectivity index (χ3v) is 1.82. The SMILES string of the molecule is Cc1cc(C)n(CC(C)N)c(=O)n1. The number of hydrogen-bond acceptors (Lipinski definition) is 3. The molecule has 72 valence electrons. The fourth-order valence-corrected chi connectivity index (χ4v) is 1.28. The lowest BCUT2D eigenvalue weighted by Crippen LogP contribution is -2.32. The zero-order chi connectivity index (χ0) is 10.0. The van der Waals surface area contributed by atoms with E-state index in [2.05, 4.69) is 4.98 Å². The van der Waals surface area contributed by atoms with E-state index in [0.717, 1.165) is 11.4 Å². The minimum Gasteiger partial charge on any atom is -0.326 e. The highest BCUT2D eigenvalue weighted by atomic mass is 16.1. The molecule has 1 aromatic heterocycles. The minimum absolute atomic E-state index is 0.0269. The molecule has 1 heterocycles. The second-order valence-corrected chi connectivity index (χ2v) is 3.41. The molecule has 1 atom stereocenters. The number of rotatable bonds is 2. The van der Waals surface area contributed by atoms with Crippen LogP contribution in [0, 0.1) is 13.8 Å². The van der Waals surface area contributed by atoms with E-state index in [1.54, 1.807) is 4.57 Å². The van der Waals surface area contributed by atoms with Crippen molar-refractivity contribution in [3.8, 4) is 0 Å². The molecule has 4 heteroatoms. The van der Waals surface area contributed by atoms with Gasteiger partial charge in [0, 0.05) is 24.0 Å². The summed E-state index contributed by atoms with van der Waals surface area (Å²) in [6.07, 6.45) is 0. The van der Waals surface area contributed by atoms with Gasteiger partial charge in [-0.1, -0.05) is 0 Å². The Morgan fingerprint density at radius 3 is 2.69 bits per heavy atom. The van der Waals surface area contributed by atoms with Gasteiger partial charge in [0.1, 0.15) is 0 Å². The number of nitrogens with zero attached hydrogens (tertiary/aromatic N) is 2. The highest BCUT2D eigenvalue weighted by molar-refractivity contribution is 5.06. The van der Waals surface area contributed by atoms with Crippen LogP contribution < -0.4 is 11.4 Å². The molecule has 1 unspecified atom stereocenters. The molecule has 0 saturated carbocycles. The molecule has 4 nitrogen and oxygen atoms in total. The van der Waals surface area contributed by atoms with Gasteiger partial charge in [0.15, 0.2) is 0 Å². The molecule has 0 bridgehead atoms. The van der Waals surface area contributed by atoms with Crippen molar-refractivity contribution >= 4 is 0 Å². The summed E-state index contributed by atoms with van der Waals surface area (Å²) in [6.45, 7) is 6.09. The summed E-state index contributed by atoms with van der Waals surface area (Å²) in [6, 6.07) is 1.85. The Kier molecular flexibility index (Phi) is 2.83. The quantitative estimate of drug-likeness (QED) is 0.709. The Labute approximate surface area is 77.4 Å². The summed E-state index contributed by atoms with van der Waals surface area (Å²) in [5, 5.41) is 0. The zero-order valence-electron chi connectivity index (χ0n) is 8.24. The first kappa shape index (κ1) is 9.92. The van der Waals surface area contributed by atoms with Crippen LogP contribution in [0.4, 0.5) is 0 Å². The Morgan fingerprint density at radius 2 is 2.23 bits per heavy atom. The average Bonchev–Trinajstić information content (AvgIpc) is 1.96. The van der Waals surface area contributed by atoms with E-state index in [0.29, 0.717) is 6.54 Å². The average molecular weight is 181 g/mol. The molecule has 0 fully saturated rings. The summed E-state index contributed by atoms with van der Waals surface area (Å²) >= 11 is 0. The van der Waals surface area contributed by atoms with Gasteiger partial charge in [-0.25, -0.2) is 4.79 Å². The number of nitrogens with two attached hydrogens (primary N) is 1. The van der Waals surface area contributed by atoms with Crippen LogP contribution in [0.3, 0.4) is 0 Å². The molecule has 0 aromatic carbocycles. The Balaban J connectivity index is 3.14. The van der Waals surface area contributed by atoms with Crippen LogP contribution in [0.25, 0.3) is 0 Å². The number of aryl methyl sites for hydroxylation is 2. The van der Waals surface area contributed by atoms with Gasteiger partial charge in [-0.05, 0) is 26.8 Å². The van der Waals surface area contributed by atoms with Gasteiger partial charge in [0.05, 0.1) is 0 Å². The molecular formula is C9H15N3O. The van der Waals surface area contributed by atoms with E-state index < -0.39 is 0 Å². The summed E-state index contributed by atoms with van der Waals surface area (Å²) in [7, 11) is 0. The van der Waals surface area contributed by atoms with E-state index in [9.17, 15) is 4.79 Å². The molecule has 0 aliphatic heterocycles. The second kappa shape index (κ2) is 3.70. The van der Waals surface area contributed by atoms with Crippen LogP contribution >= 0.6 is 0 Å². The maximum absolute atomic E-state index is 11.4. The molecule has 0 saturated heterocycles. The lowest BCUT2D eigenvalue weighted by atomic mass is 10.3. The third-order valence-electron chi connectivity index (χ3n) is 1.82. The monoisotopic (exact) mass is 181 g/mol. The first-order chi connectivity index (χ1) is 6.00. The fraction of sp³-hybridized carbons (Fsp3) is 0.556. The van der Waals surface area contributed by atoms with Crippen molar-refractivity contribution in [2.75, 3.05) is 0 Å². The summed E-state index contributed by atoms with van der Waals surface area (Å²) in [4.78, 5) is 15.2. The van der Waals surface area contributed by atoms with Crippen molar-refractivity contribution in [3.05, 3.63) is 27.9 Å². The molecule has 1 aromatic rings. The normalized spacial score (nSPS) is 12.9. The van der Waals surface area contributed by atoms with Gasteiger partial charge in [0.2, 0.25) is 0 Å². The minimum atomic E-state index is -0.213. The number of hydrogen-bond donors (Lipinski definition) is 1. The molecule has 0 amide bonds. The summed E-state index contributed by atoms with van der Waals surface area (Å²) < 4.78 is 1.59. The summed E-state index contributed by atoms with van der Waals surface area (Å²) in [5.41, 5.74) is 7.06. The molecule has 0 spiro atoms. The van der Waals surface area contributed by atoms with Crippen LogP contribution in [0.5, 0.6) is 0 Å². The maximum atomic E-state index is 11.4. The van der Waals surface area contributed by atoms with Crippen LogP contribution in [0.2, 0.25) is 0 Å². The zero-order valence-corrected chi connectivity index (χ0v) is 8.24. The highest BCUT2D eigenvalue weighted by Gasteiger charge is 2.04.